The van der Waals surface area contributed by atoms with Gasteiger partial charge in [0.1, 0.15) is 0 Å². The molecular weight excluding hydrogens is 286 g/mol. The van der Waals surface area contributed by atoms with Gasteiger partial charge in [-0.15, -0.1) is 0 Å². The highest BCUT2D eigenvalue weighted by Crippen LogP contribution is 2.56. The van der Waals surface area contributed by atoms with Crippen molar-refractivity contribution in [2.24, 2.45) is 11.8 Å². The Hall–Kier alpha value is -0.340. The van der Waals surface area contributed by atoms with Gasteiger partial charge in [0.2, 0.25) is 0 Å². The summed E-state index contributed by atoms with van der Waals surface area (Å²) in [6.07, 6.45) is 2.59. The minimum Gasteiger partial charge on any atom is -0.316 e. The molecule has 100 valence electrons. The molecule has 0 aromatic heterocycles. The third-order valence-electron chi connectivity index (χ3n) is 4.21. The summed E-state index contributed by atoms with van der Waals surface area (Å²) in [7, 11) is 0. The van der Waals surface area contributed by atoms with Crippen LogP contribution < -0.4 is 5.32 Å². The van der Waals surface area contributed by atoms with E-state index in [-0.39, 0.29) is 0 Å². The van der Waals surface area contributed by atoms with Gasteiger partial charge >= 0.3 is 0 Å². The fourth-order valence-electron chi connectivity index (χ4n) is 2.98. The molecule has 1 aromatic rings. The molecule has 0 spiro atoms. The molecule has 0 radical (unpaired) electrons. The van der Waals surface area contributed by atoms with Crippen LogP contribution in [0.3, 0.4) is 0 Å². The number of hydrogen-bond donors (Lipinski definition) is 1. The Kier molecular flexibility index (Phi) is 4.50. The first-order valence-corrected chi connectivity index (χ1v) is 7.84. The molecule has 18 heavy (non-hydrogen) atoms. The summed E-state index contributed by atoms with van der Waals surface area (Å²) >= 11 is 3.59. The number of nitrogens with one attached hydrogen (secondary N) is 1. The van der Waals surface area contributed by atoms with Crippen LogP contribution in [-0.2, 0) is 5.41 Å². The topological polar surface area (TPSA) is 12.0 Å². The molecule has 1 saturated carbocycles. The normalized spacial score (nSPS) is 26.6. The number of hydrogen-bond acceptors (Lipinski definition) is 1. The largest absolute Gasteiger partial charge is 0.316 e. The van der Waals surface area contributed by atoms with Gasteiger partial charge in [-0.1, -0.05) is 48.8 Å². The van der Waals surface area contributed by atoms with Crippen LogP contribution in [-0.4, -0.2) is 13.1 Å². The Morgan fingerprint density at radius 1 is 1.44 bits per heavy atom. The van der Waals surface area contributed by atoms with Crippen molar-refractivity contribution in [2.45, 2.75) is 39.0 Å². The third-order valence-corrected chi connectivity index (χ3v) is 4.70. The average molecular weight is 310 g/mol. The van der Waals surface area contributed by atoms with Crippen LogP contribution in [0.15, 0.2) is 28.7 Å². The van der Waals surface area contributed by atoms with E-state index >= 15 is 0 Å². The summed E-state index contributed by atoms with van der Waals surface area (Å²) < 4.78 is 1.20. The van der Waals surface area contributed by atoms with E-state index in [0.717, 1.165) is 18.4 Å². The smallest absolute Gasteiger partial charge is 0.0178 e. The second-order valence-corrected chi connectivity index (χ2v) is 6.89. The zero-order valence-corrected chi connectivity index (χ0v) is 13.3. The lowest BCUT2D eigenvalue weighted by atomic mass is 9.90. The first kappa shape index (κ1) is 14.1. The highest BCUT2D eigenvalue weighted by Gasteiger charge is 2.53. The fourth-order valence-corrected chi connectivity index (χ4v) is 3.38. The predicted molar refractivity (Wildman–Crippen MR) is 81.9 cm³/mol. The molecule has 0 heterocycles. The quantitative estimate of drug-likeness (QED) is 0.823. The molecule has 0 bridgehead atoms. The van der Waals surface area contributed by atoms with E-state index < -0.39 is 0 Å². The molecule has 1 aromatic carbocycles. The fraction of sp³-hybridized carbons (Fsp3) is 0.625. The van der Waals surface area contributed by atoms with Crippen molar-refractivity contribution in [1.29, 1.82) is 0 Å². The lowest BCUT2D eigenvalue weighted by Crippen LogP contribution is -2.24. The summed E-state index contributed by atoms with van der Waals surface area (Å²) in [6.45, 7) is 9.15. The van der Waals surface area contributed by atoms with E-state index in [4.69, 9.17) is 0 Å². The molecule has 1 aliphatic rings. The van der Waals surface area contributed by atoms with Crippen LogP contribution >= 0.6 is 15.9 Å². The summed E-state index contributed by atoms with van der Waals surface area (Å²) in [5.74, 6) is 1.56. The Morgan fingerprint density at radius 2 is 2.22 bits per heavy atom. The molecule has 2 unspecified atom stereocenters. The Bertz CT molecular complexity index is 402. The van der Waals surface area contributed by atoms with Gasteiger partial charge in [0.05, 0.1) is 0 Å². The maximum atomic E-state index is 3.61. The van der Waals surface area contributed by atoms with Gasteiger partial charge in [0.15, 0.2) is 0 Å². The van der Waals surface area contributed by atoms with Gasteiger partial charge in [-0.3, -0.25) is 0 Å². The molecule has 0 aliphatic heterocycles. The van der Waals surface area contributed by atoms with Crippen LogP contribution in [0.1, 0.15) is 39.2 Å². The first-order valence-electron chi connectivity index (χ1n) is 7.05. The summed E-state index contributed by atoms with van der Waals surface area (Å²) in [6, 6.07) is 8.86. The second kappa shape index (κ2) is 5.75. The number of rotatable bonds is 6. The minimum absolute atomic E-state index is 0.438. The van der Waals surface area contributed by atoms with E-state index in [2.05, 4.69) is 66.3 Å². The molecule has 2 rings (SSSR count). The predicted octanol–water partition coefficient (Wildman–Crippen LogP) is 4.36. The van der Waals surface area contributed by atoms with Crippen LogP contribution in [0.5, 0.6) is 0 Å². The average Bonchev–Trinajstić information content (AvgIpc) is 3.04. The molecule has 0 saturated heterocycles. The molecule has 1 fully saturated rings. The summed E-state index contributed by atoms with van der Waals surface area (Å²) in [5.41, 5.74) is 1.95. The maximum Gasteiger partial charge on any atom is 0.0178 e. The standard InChI is InChI=1S/C16H24BrN/c1-4-16(13-6-5-7-15(17)8-13)9-14(16)11-18-10-12(2)3/h5-8,12,14,18H,4,9-11H2,1-3H3. The van der Waals surface area contributed by atoms with Crippen molar-refractivity contribution in [3.8, 4) is 0 Å². The SMILES string of the molecule is CCC1(c2cccc(Br)c2)CC1CNCC(C)C. The highest BCUT2D eigenvalue weighted by atomic mass is 79.9. The van der Waals surface area contributed by atoms with Gasteiger partial charge in [-0.2, -0.15) is 0 Å². The van der Waals surface area contributed by atoms with Crippen molar-refractivity contribution in [1.82, 2.24) is 5.32 Å². The van der Waals surface area contributed by atoms with Gasteiger partial charge < -0.3 is 5.32 Å². The van der Waals surface area contributed by atoms with Gasteiger partial charge in [-0.05, 0) is 60.9 Å². The number of halogens is 1. The van der Waals surface area contributed by atoms with E-state index in [1.807, 2.05) is 0 Å². The van der Waals surface area contributed by atoms with Crippen LogP contribution in [0, 0.1) is 11.8 Å². The summed E-state index contributed by atoms with van der Waals surface area (Å²) in [5, 5.41) is 3.61. The first-order chi connectivity index (χ1) is 8.58. The zero-order valence-electron chi connectivity index (χ0n) is 11.7. The van der Waals surface area contributed by atoms with Gasteiger partial charge in [-0.25, -0.2) is 0 Å². The van der Waals surface area contributed by atoms with Gasteiger partial charge in [0.25, 0.3) is 0 Å². The molecular formula is C16H24BrN. The number of benzene rings is 1. The highest BCUT2D eigenvalue weighted by molar-refractivity contribution is 9.10. The van der Waals surface area contributed by atoms with E-state index in [1.54, 1.807) is 0 Å². The van der Waals surface area contributed by atoms with Crippen molar-refractivity contribution < 1.29 is 0 Å². The third kappa shape index (κ3) is 2.97. The lowest BCUT2D eigenvalue weighted by Gasteiger charge is -2.17. The Balaban J connectivity index is 1.98. The van der Waals surface area contributed by atoms with E-state index in [0.29, 0.717) is 5.41 Å². The Labute approximate surface area is 119 Å². The van der Waals surface area contributed by atoms with Gasteiger partial charge in [0, 0.05) is 4.47 Å². The summed E-state index contributed by atoms with van der Waals surface area (Å²) in [4.78, 5) is 0. The zero-order chi connectivity index (χ0) is 13.2. The molecule has 1 nitrogen and oxygen atoms in total. The van der Waals surface area contributed by atoms with Crippen LogP contribution in [0.2, 0.25) is 0 Å². The maximum absolute atomic E-state index is 3.61. The second-order valence-electron chi connectivity index (χ2n) is 5.97. The van der Waals surface area contributed by atoms with Crippen molar-refractivity contribution in [2.75, 3.05) is 13.1 Å². The van der Waals surface area contributed by atoms with Crippen molar-refractivity contribution in [3.63, 3.8) is 0 Å². The minimum atomic E-state index is 0.438. The van der Waals surface area contributed by atoms with Crippen molar-refractivity contribution >= 4 is 15.9 Å². The molecule has 2 atom stereocenters. The monoisotopic (exact) mass is 309 g/mol. The molecule has 1 N–H and O–H groups in total. The molecule has 0 amide bonds. The van der Waals surface area contributed by atoms with Crippen LogP contribution in [0.25, 0.3) is 0 Å². The lowest BCUT2D eigenvalue weighted by molar-refractivity contribution is 0.499. The van der Waals surface area contributed by atoms with Crippen molar-refractivity contribution in [3.05, 3.63) is 34.3 Å². The van der Waals surface area contributed by atoms with Crippen LogP contribution in [0.4, 0.5) is 0 Å². The molecule has 1 aliphatic carbocycles. The van der Waals surface area contributed by atoms with E-state index in [1.165, 1.54) is 29.4 Å². The Morgan fingerprint density at radius 3 is 2.83 bits per heavy atom. The molecule has 2 heteroatoms. The van der Waals surface area contributed by atoms with E-state index in [9.17, 15) is 0 Å².